The van der Waals surface area contributed by atoms with E-state index in [1.165, 1.54) is 0 Å². The van der Waals surface area contributed by atoms with Gasteiger partial charge in [-0.05, 0) is 37.6 Å². The van der Waals surface area contributed by atoms with E-state index in [1.54, 1.807) is 24.3 Å². The minimum Gasteiger partial charge on any atom is -0.455 e. The molecule has 2 rings (SSSR count). The van der Waals surface area contributed by atoms with E-state index in [0.29, 0.717) is 17.9 Å². The van der Waals surface area contributed by atoms with E-state index in [1.807, 2.05) is 24.7 Å². The lowest BCUT2D eigenvalue weighted by atomic mass is 9.81. The summed E-state index contributed by atoms with van der Waals surface area (Å²) in [5, 5.41) is 0. The van der Waals surface area contributed by atoms with E-state index in [0.717, 1.165) is 6.42 Å². The number of nitrogen functional groups attached to an aromatic ring is 2. The number of hydrazine groups is 2. The van der Waals surface area contributed by atoms with Gasteiger partial charge in [0, 0.05) is 0 Å². The number of nitrogens with one attached hydrogen (secondary N) is 2. The Bertz CT molecular complexity index is 650. The van der Waals surface area contributed by atoms with Gasteiger partial charge in [-0.2, -0.15) is 0 Å². The number of hydrogen-bond acceptors (Lipinski definition) is 6. The first-order valence-corrected chi connectivity index (χ1v) is 7.18. The molecule has 0 aliphatic rings. The van der Waals surface area contributed by atoms with Gasteiger partial charge in [0.2, 0.25) is 0 Å². The summed E-state index contributed by atoms with van der Waals surface area (Å²) in [4.78, 5) is 23.1. The van der Waals surface area contributed by atoms with E-state index in [4.69, 9.17) is 20.5 Å². The van der Waals surface area contributed by atoms with Crippen molar-refractivity contribution in [2.75, 3.05) is 0 Å². The van der Waals surface area contributed by atoms with Crippen LogP contribution in [0.15, 0.2) is 33.1 Å². The van der Waals surface area contributed by atoms with Crippen LogP contribution in [0.2, 0.25) is 0 Å². The third kappa shape index (κ3) is 3.13. The van der Waals surface area contributed by atoms with Crippen molar-refractivity contribution in [3.63, 3.8) is 0 Å². The van der Waals surface area contributed by atoms with E-state index < -0.39 is 17.2 Å². The van der Waals surface area contributed by atoms with Crippen LogP contribution in [0.4, 0.5) is 0 Å². The molecule has 0 unspecified atom stereocenters. The quantitative estimate of drug-likeness (QED) is 0.358. The fraction of sp³-hybridized carbons (Fsp3) is 0.333. The maximum absolute atomic E-state index is 11.6. The van der Waals surface area contributed by atoms with Crippen LogP contribution in [0, 0.1) is 0 Å². The van der Waals surface area contributed by atoms with E-state index in [9.17, 15) is 9.59 Å². The van der Waals surface area contributed by atoms with E-state index >= 15 is 0 Å². The predicted molar refractivity (Wildman–Crippen MR) is 82.1 cm³/mol. The molecule has 8 heteroatoms. The Morgan fingerprint density at radius 2 is 1.43 bits per heavy atom. The number of hydrogen-bond donors (Lipinski definition) is 4. The monoisotopic (exact) mass is 320 g/mol. The molecule has 0 aliphatic carbocycles. The molecule has 124 valence electrons. The molecular weight excluding hydrogens is 300 g/mol. The highest BCUT2D eigenvalue weighted by molar-refractivity contribution is 5.91. The molecule has 0 atom stereocenters. The van der Waals surface area contributed by atoms with Crippen LogP contribution in [0.1, 0.15) is 59.3 Å². The lowest BCUT2D eigenvalue weighted by molar-refractivity contribution is 0.0919. The van der Waals surface area contributed by atoms with Crippen molar-refractivity contribution in [3.8, 4) is 0 Å². The van der Waals surface area contributed by atoms with Crippen LogP contribution < -0.4 is 22.5 Å². The third-order valence-electron chi connectivity index (χ3n) is 3.76. The zero-order valence-electron chi connectivity index (χ0n) is 13.0. The molecule has 0 saturated heterocycles. The molecule has 8 nitrogen and oxygen atoms in total. The van der Waals surface area contributed by atoms with Crippen LogP contribution >= 0.6 is 0 Å². The normalized spacial score (nSPS) is 11.3. The van der Waals surface area contributed by atoms with Gasteiger partial charge in [0.25, 0.3) is 0 Å². The van der Waals surface area contributed by atoms with Gasteiger partial charge in [-0.15, -0.1) is 0 Å². The number of carbonyl (C=O) groups is 2. The summed E-state index contributed by atoms with van der Waals surface area (Å²) in [5.74, 6) is 10.5. The second-order valence-corrected chi connectivity index (χ2v) is 5.36. The molecule has 23 heavy (non-hydrogen) atoms. The Hall–Kier alpha value is -2.58. The van der Waals surface area contributed by atoms with Crippen molar-refractivity contribution in [1.29, 1.82) is 0 Å². The number of carbonyl (C=O) groups excluding carboxylic acids is 2. The van der Waals surface area contributed by atoms with Crippen molar-refractivity contribution >= 4 is 11.8 Å². The van der Waals surface area contributed by atoms with Gasteiger partial charge in [0.1, 0.15) is 11.5 Å². The Kier molecular flexibility index (Phi) is 4.87. The predicted octanol–water partition coefficient (Wildman–Crippen LogP) is 1.19. The van der Waals surface area contributed by atoms with Crippen LogP contribution in [0.3, 0.4) is 0 Å². The molecule has 2 aromatic heterocycles. The van der Waals surface area contributed by atoms with Crippen LogP contribution in [0.25, 0.3) is 0 Å². The SMILES string of the molecule is CCCC(C)(c1ccc(C(=O)NN)o1)c1ccc(C(=O)NN)o1. The van der Waals surface area contributed by atoms with Crippen molar-refractivity contribution in [2.45, 2.75) is 32.1 Å². The molecule has 0 aliphatic heterocycles. The summed E-state index contributed by atoms with van der Waals surface area (Å²) in [7, 11) is 0. The fourth-order valence-corrected chi connectivity index (χ4v) is 2.52. The maximum atomic E-state index is 11.6. The Labute approximate surface area is 133 Å². The van der Waals surface area contributed by atoms with Crippen molar-refractivity contribution < 1.29 is 18.4 Å². The largest absolute Gasteiger partial charge is 0.455 e. The molecule has 2 aromatic rings. The molecule has 2 amide bonds. The number of rotatable bonds is 6. The zero-order chi connectivity index (χ0) is 17.0. The van der Waals surface area contributed by atoms with Gasteiger partial charge in [-0.25, -0.2) is 11.7 Å². The summed E-state index contributed by atoms with van der Waals surface area (Å²) in [6.07, 6.45) is 1.54. The topological polar surface area (TPSA) is 137 Å². The fourth-order valence-electron chi connectivity index (χ4n) is 2.52. The highest BCUT2D eigenvalue weighted by Crippen LogP contribution is 2.38. The molecule has 0 radical (unpaired) electrons. The lowest BCUT2D eigenvalue weighted by Crippen LogP contribution is -2.30. The van der Waals surface area contributed by atoms with Crippen LogP contribution in [-0.2, 0) is 5.41 Å². The lowest BCUT2D eigenvalue weighted by Gasteiger charge is -2.24. The molecule has 2 heterocycles. The van der Waals surface area contributed by atoms with Crippen molar-refractivity contribution in [2.24, 2.45) is 11.7 Å². The minimum absolute atomic E-state index is 0.108. The highest BCUT2D eigenvalue weighted by atomic mass is 16.4. The van der Waals surface area contributed by atoms with E-state index in [2.05, 4.69) is 0 Å². The summed E-state index contributed by atoms with van der Waals surface area (Å²) in [6.45, 7) is 3.94. The molecular formula is C15H20N4O4. The average Bonchev–Trinajstić information content (AvgIpc) is 3.23. The number of furan rings is 2. The Balaban J connectivity index is 2.42. The first-order valence-electron chi connectivity index (χ1n) is 7.18. The standard InChI is InChI=1S/C15H20N4O4/c1-3-8-15(2,11-6-4-9(22-11)13(20)18-16)12-7-5-10(23-12)14(21)19-17/h4-7H,3,8,16-17H2,1-2H3,(H,18,20)(H,19,21). The Morgan fingerprint density at radius 3 is 1.78 bits per heavy atom. The van der Waals surface area contributed by atoms with Crippen LogP contribution in [0.5, 0.6) is 0 Å². The summed E-state index contributed by atoms with van der Waals surface area (Å²) in [5.41, 5.74) is 3.41. The molecule has 6 N–H and O–H groups in total. The molecule has 0 fully saturated rings. The first kappa shape index (κ1) is 16.8. The average molecular weight is 320 g/mol. The highest BCUT2D eigenvalue weighted by Gasteiger charge is 2.35. The summed E-state index contributed by atoms with van der Waals surface area (Å²) < 4.78 is 11.3. The molecule has 0 bridgehead atoms. The van der Waals surface area contributed by atoms with Gasteiger partial charge in [-0.3, -0.25) is 20.4 Å². The van der Waals surface area contributed by atoms with Gasteiger partial charge >= 0.3 is 11.8 Å². The molecule has 0 spiro atoms. The van der Waals surface area contributed by atoms with Gasteiger partial charge in [0.15, 0.2) is 11.5 Å². The molecule has 0 saturated carbocycles. The third-order valence-corrected chi connectivity index (χ3v) is 3.76. The van der Waals surface area contributed by atoms with Gasteiger partial charge in [-0.1, -0.05) is 13.3 Å². The summed E-state index contributed by atoms with van der Waals surface area (Å²) >= 11 is 0. The van der Waals surface area contributed by atoms with Gasteiger partial charge < -0.3 is 8.83 Å². The van der Waals surface area contributed by atoms with E-state index in [-0.39, 0.29) is 11.5 Å². The number of nitrogens with two attached hydrogens (primary N) is 2. The second-order valence-electron chi connectivity index (χ2n) is 5.36. The summed E-state index contributed by atoms with van der Waals surface area (Å²) in [6, 6.07) is 6.49. The number of amides is 2. The molecule has 0 aromatic carbocycles. The Morgan fingerprint density at radius 1 is 1.00 bits per heavy atom. The van der Waals surface area contributed by atoms with Gasteiger partial charge in [0.05, 0.1) is 5.41 Å². The van der Waals surface area contributed by atoms with Crippen LogP contribution in [-0.4, -0.2) is 11.8 Å². The minimum atomic E-state index is -0.630. The smallest absolute Gasteiger partial charge is 0.300 e. The first-order chi connectivity index (χ1) is 11.0. The maximum Gasteiger partial charge on any atom is 0.300 e. The van der Waals surface area contributed by atoms with Crippen molar-refractivity contribution in [1.82, 2.24) is 10.9 Å². The second kappa shape index (κ2) is 6.67. The zero-order valence-corrected chi connectivity index (χ0v) is 13.0. The van der Waals surface area contributed by atoms with Crippen molar-refractivity contribution in [3.05, 3.63) is 47.3 Å².